The number of piperidine rings is 1. The second kappa shape index (κ2) is 4.49. The Kier molecular flexibility index (Phi) is 2.94. The Labute approximate surface area is 113 Å². The maximum absolute atomic E-state index is 10.2. The molecule has 0 aliphatic carbocycles. The molecule has 1 aliphatic rings. The fourth-order valence-corrected chi connectivity index (χ4v) is 2.93. The van der Waals surface area contributed by atoms with Gasteiger partial charge in [0.2, 0.25) is 0 Å². The molecule has 1 atom stereocenters. The van der Waals surface area contributed by atoms with Gasteiger partial charge in [0.1, 0.15) is 5.82 Å². The summed E-state index contributed by atoms with van der Waals surface area (Å²) in [6.07, 6.45) is 1.89. The van der Waals surface area contributed by atoms with Crippen LogP contribution in [0.1, 0.15) is 25.3 Å². The molecule has 0 bridgehead atoms. The molecule has 1 aromatic carbocycles. The van der Waals surface area contributed by atoms with Gasteiger partial charge in [-0.25, -0.2) is 4.98 Å². The number of rotatable bonds is 1. The highest BCUT2D eigenvalue weighted by molar-refractivity contribution is 5.81. The van der Waals surface area contributed by atoms with Gasteiger partial charge in [-0.3, -0.25) is 0 Å². The van der Waals surface area contributed by atoms with E-state index in [1.165, 1.54) is 10.9 Å². The van der Waals surface area contributed by atoms with E-state index in [-0.39, 0.29) is 0 Å². The molecule has 100 valence electrons. The Hall–Kier alpha value is -1.61. The lowest BCUT2D eigenvalue weighted by Crippen LogP contribution is -2.46. The Morgan fingerprint density at radius 3 is 2.89 bits per heavy atom. The van der Waals surface area contributed by atoms with Crippen LogP contribution >= 0.6 is 0 Å². The summed E-state index contributed by atoms with van der Waals surface area (Å²) in [4.78, 5) is 6.99. The van der Waals surface area contributed by atoms with Crippen molar-refractivity contribution < 1.29 is 5.11 Å². The maximum atomic E-state index is 10.2. The van der Waals surface area contributed by atoms with Crippen molar-refractivity contribution >= 4 is 16.7 Å². The van der Waals surface area contributed by atoms with Crippen LogP contribution in [0, 0.1) is 6.92 Å². The van der Waals surface area contributed by atoms with Gasteiger partial charge in [0.15, 0.2) is 0 Å². The molecule has 1 N–H and O–H groups in total. The van der Waals surface area contributed by atoms with E-state index < -0.39 is 5.60 Å². The number of hydrogen-bond donors (Lipinski definition) is 1. The van der Waals surface area contributed by atoms with Crippen LogP contribution in [0.15, 0.2) is 30.3 Å². The summed E-state index contributed by atoms with van der Waals surface area (Å²) >= 11 is 0. The van der Waals surface area contributed by atoms with Crippen LogP contribution in [0.5, 0.6) is 0 Å². The predicted molar refractivity (Wildman–Crippen MR) is 78.6 cm³/mol. The molecule has 0 saturated carbocycles. The van der Waals surface area contributed by atoms with Crippen LogP contribution in [0.3, 0.4) is 0 Å². The molecule has 1 aromatic heterocycles. The first kappa shape index (κ1) is 12.4. The minimum atomic E-state index is -0.599. The van der Waals surface area contributed by atoms with E-state index in [1.54, 1.807) is 0 Å². The highest BCUT2D eigenvalue weighted by atomic mass is 16.3. The molecule has 0 radical (unpaired) electrons. The van der Waals surface area contributed by atoms with E-state index in [4.69, 9.17) is 4.98 Å². The van der Waals surface area contributed by atoms with Crippen LogP contribution in [-0.4, -0.2) is 28.8 Å². The van der Waals surface area contributed by atoms with Gasteiger partial charge in [-0.1, -0.05) is 18.2 Å². The quantitative estimate of drug-likeness (QED) is 0.852. The van der Waals surface area contributed by atoms with Crippen LogP contribution in [-0.2, 0) is 0 Å². The number of aryl methyl sites for hydroxylation is 1. The fourth-order valence-electron chi connectivity index (χ4n) is 2.93. The third-order valence-corrected chi connectivity index (χ3v) is 3.86. The van der Waals surface area contributed by atoms with Crippen molar-refractivity contribution in [3.8, 4) is 0 Å². The molecule has 0 spiro atoms. The van der Waals surface area contributed by atoms with Gasteiger partial charge in [-0.15, -0.1) is 0 Å². The second-order valence-electron chi connectivity index (χ2n) is 5.84. The molecule has 0 amide bonds. The van der Waals surface area contributed by atoms with Crippen molar-refractivity contribution in [1.82, 2.24) is 4.98 Å². The number of nitrogens with zero attached hydrogens (tertiary/aromatic N) is 2. The predicted octanol–water partition coefficient (Wildman–Crippen LogP) is 2.89. The summed E-state index contributed by atoms with van der Waals surface area (Å²) in [7, 11) is 0. The van der Waals surface area contributed by atoms with Crippen molar-refractivity contribution in [2.75, 3.05) is 18.0 Å². The number of pyridine rings is 1. The third kappa shape index (κ3) is 2.43. The van der Waals surface area contributed by atoms with Crippen molar-refractivity contribution in [3.63, 3.8) is 0 Å². The standard InChI is InChI=1S/C16H20N2O/c1-12-10-13-6-3-4-7-14(13)17-15(12)18-9-5-8-16(2,19)11-18/h3-4,6-7,10,19H,5,8-9,11H2,1-2H3. The first-order valence-electron chi connectivity index (χ1n) is 6.89. The van der Waals surface area contributed by atoms with Gasteiger partial charge in [0.25, 0.3) is 0 Å². The summed E-state index contributed by atoms with van der Waals surface area (Å²) < 4.78 is 0. The summed E-state index contributed by atoms with van der Waals surface area (Å²) in [5.74, 6) is 1.01. The fraction of sp³-hybridized carbons (Fsp3) is 0.438. The van der Waals surface area contributed by atoms with E-state index in [0.717, 1.165) is 30.7 Å². The Balaban J connectivity index is 2.02. The van der Waals surface area contributed by atoms with Gasteiger partial charge in [-0.2, -0.15) is 0 Å². The number of fused-ring (bicyclic) bond motifs is 1. The van der Waals surface area contributed by atoms with Crippen molar-refractivity contribution in [3.05, 3.63) is 35.9 Å². The summed E-state index contributed by atoms with van der Waals surface area (Å²) in [6, 6.07) is 10.4. The maximum Gasteiger partial charge on any atom is 0.132 e. The molecule has 2 heterocycles. The number of aliphatic hydroxyl groups is 1. The van der Waals surface area contributed by atoms with E-state index in [2.05, 4.69) is 24.0 Å². The molecule has 2 aromatic rings. The normalized spacial score (nSPS) is 23.8. The average Bonchev–Trinajstić information content (AvgIpc) is 2.36. The van der Waals surface area contributed by atoms with Gasteiger partial charge < -0.3 is 10.0 Å². The molecular weight excluding hydrogens is 236 g/mol. The molecule has 1 unspecified atom stereocenters. The Morgan fingerprint density at radius 2 is 2.11 bits per heavy atom. The monoisotopic (exact) mass is 256 g/mol. The number of aromatic nitrogens is 1. The van der Waals surface area contributed by atoms with E-state index in [1.807, 2.05) is 25.1 Å². The molecule has 3 nitrogen and oxygen atoms in total. The average molecular weight is 256 g/mol. The van der Waals surface area contributed by atoms with Crippen LogP contribution in [0.25, 0.3) is 10.9 Å². The molecule has 1 fully saturated rings. The highest BCUT2D eigenvalue weighted by Gasteiger charge is 2.29. The van der Waals surface area contributed by atoms with E-state index in [0.29, 0.717) is 6.54 Å². The summed E-state index contributed by atoms with van der Waals surface area (Å²) in [5, 5.41) is 11.4. The molecule has 19 heavy (non-hydrogen) atoms. The van der Waals surface area contributed by atoms with Gasteiger partial charge in [-0.05, 0) is 44.4 Å². The van der Waals surface area contributed by atoms with Gasteiger partial charge >= 0.3 is 0 Å². The van der Waals surface area contributed by atoms with Crippen LogP contribution in [0.4, 0.5) is 5.82 Å². The number of para-hydroxylation sites is 1. The first-order chi connectivity index (χ1) is 9.05. The minimum Gasteiger partial charge on any atom is -0.388 e. The summed E-state index contributed by atoms with van der Waals surface area (Å²) in [6.45, 7) is 5.65. The van der Waals surface area contributed by atoms with Crippen LogP contribution in [0.2, 0.25) is 0 Å². The number of anilines is 1. The van der Waals surface area contributed by atoms with Crippen LogP contribution < -0.4 is 4.90 Å². The summed E-state index contributed by atoms with van der Waals surface area (Å²) in [5.41, 5.74) is 1.60. The zero-order chi connectivity index (χ0) is 13.5. The Bertz CT molecular complexity index is 607. The van der Waals surface area contributed by atoms with E-state index >= 15 is 0 Å². The smallest absolute Gasteiger partial charge is 0.132 e. The number of hydrogen-bond acceptors (Lipinski definition) is 3. The van der Waals surface area contributed by atoms with Crippen molar-refractivity contribution in [2.24, 2.45) is 0 Å². The SMILES string of the molecule is Cc1cc2ccccc2nc1N1CCCC(C)(O)C1. The molecule has 3 heteroatoms. The zero-order valence-electron chi connectivity index (χ0n) is 11.6. The third-order valence-electron chi connectivity index (χ3n) is 3.86. The lowest BCUT2D eigenvalue weighted by atomic mass is 9.95. The second-order valence-corrected chi connectivity index (χ2v) is 5.84. The molecule has 1 aliphatic heterocycles. The topological polar surface area (TPSA) is 36.4 Å². The minimum absolute atomic E-state index is 0.599. The lowest BCUT2D eigenvalue weighted by Gasteiger charge is -2.38. The Morgan fingerprint density at radius 1 is 1.32 bits per heavy atom. The largest absolute Gasteiger partial charge is 0.388 e. The first-order valence-corrected chi connectivity index (χ1v) is 6.89. The zero-order valence-corrected chi connectivity index (χ0v) is 11.6. The van der Waals surface area contributed by atoms with Crippen molar-refractivity contribution in [1.29, 1.82) is 0 Å². The number of β-amino-alcohol motifs (C(OH)–C–C–N with tert-alkyl or cyclic N) is 1. The molecule has 1 saturated heterocycles. The molecule has 3 rings (SSSR count). The van der Waals surface area contributed by atoms with Gasteiger partial charge in [0, 0.05) is 18.5 Å². The lowest BCUT2D eigenvalue weighted by molar-refractivity contribution is 0.0447. The van der Waals surface area contributed by atoms with E-state index in [9.17, 15) is 5.11 Å². The number of benzene rings is 1. The van der Waals surface area contributed by atoms with Crippen molar-refractivity contribution in [2.45, 2.75) is 32.3 Å². The molecular formula is C16H20N2O. The highest BCUT2D eigenvalue weighted by Crippen LogP contribution is 2.28. The van der Waals surface area contributed by atoms with Gasteiger partial charge in [0.05, 0.1) is 11.1 Å².